The third kappa shape index (κ3) is 10.6. The molecular weight excluding hydrogens is 276 g/mol. The zero-order chi connectivity index (χ0) is 15.4. The van der Waals surface area contributed by atoms with Crippen LogP contribution in [0.1, 0.15) is 84.5 Å². The van der Waals surface area contributed by atoms with Gasteiger partial charge in [0.2, 0.25) is 0 Å². The predicted molar refractivity (Wildman–Crippen MR) is 83.5 cm³/mol. The van der Waals surface area contributed by atoms with Gasteiger partial charge in [0.15, 0.2) is 0 Å². The fourth-order valence-corrected chi connectivity index (χ4v) is 3.39. The van der Waals surface area contributed by atoms with Crippen molar-refractivity contribution in [2.75, 3.05) is 0 Å². The van der Waals surface area contributed by atoms with Gasteiger partial charge in [0.1, 0.15) is 0 Å². The lowest BCUT2D eigenvalue weighted by Gasteiger charge is -2.11. The summed E-state index contributed by atoms with van der Waals surface area (Å²) in [4.78, 5) is 0. The summed E-state index contributed by atoms with van der Waals surface area (Å²) < 4.78 is 31.0. The topological polar surface area (TPSA) is 74.6 Å². The van der Waals surface area contributed by atoms with Crippen LogP contribution in [0.15, 0.2) is 0 Å². The minimum atomic E-state index is -3.86. The van der Waals surface area contributed by atoms with E-state index in [4.69, 9.17) is 4.55 Å². The van der Waals surface area contributed by atoms with E-state index in [0.717, 1.165) is 57.8 Å². The highest BCUT2D eigenvalue weighted by Crippen LogP contribution is 2.16. The van der Waals surface area contributed by atoms with Gasteiger partial charge >= 0.3 is 0 Å². The third-order valence-corrected chi connectivity index (χ3v) is 5.22. The summed E-state index contributed by atoms with van der Waals surface area (Å²) in [7, 11) is -3.86. The van der Waals surface area contributed by atoms with E-state index >= 15 is 0 Å². The highest BCUT2D eigenvalue weighted by atomic mass is 32.2. The molecule has 2 N–H and O–H groups in total. The number of unbranched alkanes of at least 4 members (excludes halogenated alkanes) is 5. The molecule has 2 atom stereocenters. The molecule has 0 aliphatic carbocycles. The van der Waals surface area contributed by atoms with Gasteiger partial charge in [-0.25, -0.2) is 0 Å². The number of aliphatic hydroxyl groups is 1. The molecule has 0 aliphatic heterocycles. The van der Waals surface area contributed by atoms with E-state index in [1.165, 1.54) is 0 Å². The average Bonchev–Trinajstić information content (AvgIpc) is 2.35. The molecule has 0 radical (unpaired) electrons. The minimum absolute atomic E-state index is 0.139. The van der Waals surface area contributed by atoms with Gasteiger partial charge in [0.25, 0.3) is 10.1 Å². The van der Waals surface area contributed by atoms with Crippen molar-refractivity contribution in [1.29, 1.82) is 0 Å². The summed E-state index contributed by atoms with van der Waals surface area (Å²) in [6.07, 6.45) is 10.1. The van der Waals surface area contributed by atoms with Crippen molar-refractivity contribution in [1.82, 2.24) is 0 Å². The van der Waals surface area contributed by atoms with Crippen LogP contribution in [0.2, 0.25) is 0 Å². The van der Waals surface area contributed by atoms with Crippen molar-refractivity contribution in [3.05, 3.63) is 0 Å². The molecule has 0 saturated heterocycles. The van der Waals surface area contributed by atoms with Crippen LogP contribution in [-0.2, 0) is 10.1 Å². The first-order valence-corrected chi connectivity index (χ1v) is 9.56. The largest absolute Gasteiger partial charge is 0.393 e. The van der Waals surface area contributed by atoms with Crippen LogP contribution in [0.4, 0.5) is 0 Å². The van der Waals surface area contributed by atoms with Crippen molar-refractivity contribution in [2.24, 2.45) is 0 Å². The Morgan fingerprint density at radius 2 is 1.35 bits per heavy atom. The van der Waals surface area contributed by atoms with E-state index in [9.17, 15) is 13.5 Å². The van der Waals surface area contributed by atoms with Crippen LogP contribution in [0.25, 0.3) is 0 Å². The first-order chi connectivity index (χ1) is 9.41. The molecule has 5 heteroatoms. The normalized spacial score (nSPS) is 15.2. The molecule has 0 spiro atoms. The van der Waals surface area contributed by atoms with Gasteiger partial charge in [-0.2, -0.15) is 8.42 Å². The molecule has 122 valence electrons. The van der Waals surface area contributed by atoms with Crippen molar-refractivity contribution in [3.8, 4) is 0 Å². The summed E-state index contributed by atoms with van der Waals surface area (Å²) in [5.41, 5.74) is 0. The smallest absolute Gasteiger partial charge is 0.267 e. The second-order valence-corrected chi connectivity index (χ2v) is 7.38. The molecule has 0 aromatic heterocycles. The van der Waals surface area contributed by atoms with Gasteiger partial charge in [-0.3, -0.25) is 4.55 Å². The van der Waals surface area contributed by atoms with Crippen LogP contribution >= 0.6 is 0 Å². The first-order valence-electron chi connectivity index (χ1n) is 8.06. The van der Waals surface area contributed by atoms with Crippen LogP contribution in [0.5, 0.6) is 0 Å². The van der Waals surface area contributed by atoms with Crippen molar-refractivity contribution >= 4 is 10.1 Å². The van der Waals surface area contributed by atoms with E-state index in [0.29, 0.717) is 12.8 Å². The van der Waals surface area contributed by atoms with E-state index < -0.39 is 15.4 Å². The standard InChI is InChI=1S/C15H32O4S/c1-3-11-14(16)12-9-7-5-6-8-10-13-15(4-2)20(17,18)19/h14-16H,3-13H2,1-2H3,(H,17,18,19). The van der Waals surface area contributed by atoms with Crippen molar-refractivity contribution < 1.29 is 18.1 Å². The third-order valence-electron chi connectivity index (χ3n) is 3.81. The molecule has 0 aliphatic rings. The van der Waals surface area contributed by atoms with Crippen LogP contribution < -0.4 is 0 Å². The Balaban J connectivity index is 3.45. The van der Waals surface area contributed by atoms with E-state index in [-0.39, 0.29) is 6.10 Å². The van der Waals surface area contributed by atoms with Crippen LogP contribution in [0.3, 0.4) is 0 Å². The summed E-state index contributed by atoms with van der Waals surface area (Å²) in [5, 5.41) is 8.98. The number of hydrogen-bond acceptors (Lipinski definition) is 3. The zero-order valence-electron chi connectivity index (χ0n) is 13.1. The molecule has 0 aromatic carbocycles. The van der Waals surface area contributed by atoms with Gasteiger partial charge < -0.3 is 5.11 Å². The average molecular weight is 308 g/mol. The van der Waals surface area contributed by atoms with Crippen molar-refractivity contribution in [3.63, 3.8) is 0 Å². The van der Waals surface area contributed by atoms with E-state index in [2.05, 4.69) is 6.92 Å². The second kappa shape index (κ2) is 11.5. The molecule has 0 bridgehead atoms. The Bertz CT molecular complexity index is 314. The summed E-state index contributed by atoms with van der Waals surface area (Å²) in [6.45, 7) is 3.87. The maximum atomic E-state index is 11.0. The number of hydrogen-bond donors (Lipinski definition) is 2. The van der Waals surface area contributed by atoms with Crippen molar-refractivity contribution in [2.45, 2.75) is 95.8 Å². The Hall–Kier alpha value is -0.130. The molecule has 2 unspecified atom stereocenters. The maximum Gasteiger partial charge on any atom is 0.267 e. The fraction of sp³-hybridized carbons (Fsp3) is 1.00. The first kappa shape index (κ1) is 19.9. The molecule has 0 rings (SSSR count). The number of aliphatic hydroxyl groups excluding tert-OH is 1. The SMILES string of the molecule is CCCC(O)CCCCCCCCC(CC)S(=O)(=O)O. The van der Waals surface area contributed by atoms with E-state index in [1.807, 2.05) is 0 Å². The Kier molecular flexibility index (Phi) is 11.4. The molecule has 0 amide bonds. The molecule has 0 heterocycles. The Morgan fingerprint density at radius 1 is 0.850 bits per heavy atom. The Morgan fingerprint density at radius 3 is 1.80 bits per heavy atom. The predicted octanol–water partition coefficient (Wildman–Crippen LogP) is 3.93. The monoisotopic (exact) mass is 308 g/mol. The summed E-state index contributed by atoms with van der Waals surface area (Å²) in [5.74, 6) is 0. The molecule has 0 aromatic rings. The second-order valence-electron chi connectivity index (χ2n) is 5.69. The lowest BCUT2D eigenvalue weighted by atomic mass is 10.0. The van der Waals surface area contributed by atoms with Gasteiger partial charge in [-0.1, -0.05) is 58.8 Å². The van der Waals surface area contributed by atoms with Crippen LogP contribution in [-0.4, -0.2) is 29.4 Å². The van der Waals surface area contributed by atoms with Gasteiger partial charge in [0.05, 0.1) is 11.4 Å². The fourth-order valence-electron chi connectivity index (χ4n) is 2.50. The van der Waals surface area contributed by atoms with Gasteiger partial charge in [-0.15, -0.1) is 0 Å². The molecule has 0 fully saturated rings. The molecule has 20 heavy (non-hydrogen) atoms. The van der Waals surface area contributed by atoms with E-state index in [1.54, 1.807) is 6.92 Å². The van der Waals surface area contributed by atoms with Gasteiger partial charge in [-0.05, 0) is 25.7 Å². The lowest BCUT2D eigenvalue weighted by Crippen LogP contribution is -2.19. The maximum absolute atomic E-state index is 11.0. The van der Waals surface area contributed by atoms with Crippen LogP contribution in [0, 0.1) is 0 Å². The van der Waals surface area contributed by atoms with Gasteiger partial charge in [0, 0.05) is 0 Å². The minimum Gasteiger partial charge on any atom is -0.393 e. The Labute approximate surface area is 124 Å². The lowest BCUT2D eigenvalue weighted by molar-refractivity contribution is 0.150. The molecule has 0 saturated carbocycles. The number of rotatable bonds is 13. The summed E-state index contributed by atoms with van der Waals surface area (Å²) >= 11 is 0. The quantitative estimate of drug-likeness (QED) is 0.399. The summed E-state index contributed by atoms with van der Waals surface area (Å²) in [6, 6.07) is 0. The highest BCUT2D eigenvalue weighted by molar-refractivity contribution is 7.86. The highest BCUT2D eigenvalue weighted by Gasteiger charge is 2.19. The zero-order valence-corrected chi connectivity index (χ0v) is 13.9. The molecular formula is C15H32O4S. The molecule has 4 nitrogen and oxygen atoms in total.